The van der Waals surface area contributed by atoms with Crippen LogP contribution in [0.2, 0.25) is 0 Å². The highest BCUT2D eigenvalue weighted by Gasteiger charge is 2.14. The number of fused-ring (bicyclic) bond motifs is 2. The molecule has 8 nitrogen and oxygen atoms in total. The van der Waals surface area contributed by atoms with Crippen LogP contribution < -0.4 is 5.32 Å². The van der Waals surface area contributed by atoms with Crippen molar-refractivity contribution in [2.45, 2.75) is 0 Å². The van der Waals surface area contributed by atoms with Crippen molar-refractivity contribution in [3.05, 3.63) is 91.1 Å². The van der Waals surface area contributed by atoms with E-state index in [1.807, 2.05) is 42.5 Å². The van der Waals surface area contributed by atoms with Crippen LogP contribution in [0.3, 0.4) is 0 Å². The number of anilines is 1. The molecule has 0 saturated carbocycles. The lowest BCUT2D eigenvalue weighted by molar-refractivity contribution is 0.102. The van der Waals surface area contributed by atoms with E-state index in [9.17, 15) is 4.79 Å². The average molecular weight is 431 g/mol. The van der Waals surface area contributed by atoms with Gasteiger partial charge in [0.2, 0.25) is 0 Å². The van der Waals surface area contributed by atoms with E-state index in [4.69, 9.17) is 0 Å². The number of nitrogens with zero attached hydrogens (tertiary/aromatic N) is 4. The Morgan fingerprint density at radius 3 is 2.67 bits per heavy atom. The van der Waals surface area contributed by atoms with Crippen LogP contribution in [0, 0.1) is 0 Å². The maximum atomic E-state index is 12.5. The molecule has 0 aliphatic rings. The van der Waals surface area contributed by atoms with Crippen molar-refractivity contribution in [3.8, 4) is 22.6 Å². The van der Waals surface area contributed by atoms with Gasteiger partial charge in [-0.25, -0.2) is 0 Å². The minimum Gasteiger partial charge on any atom is -0.352 e. The summed E-state index contributed by atoms with van der Waals surface area (Å²) < 4.78 is 0. The van der Waals surface area contributed by atoms with Crippen LogP contribution in [0.5, 0.6) is 0 Å². The Morgan fingerprint density at radius 2 is 1.79 bits per heavy atom. The zero-order chi connectivity index (χ0) is 22.2. The lowest BCUT2D eigenvalue weighted by atomic mass is 10.1. The first-order chi connectivity index (χ1) is 16.2. The Kier molecular flexibility index (Phi) is 4.40. The first-order valence-electron chi connectivity index (χ1n) is 10.3. The Labute approximate surface area is 187 Å². The molecule has 0 unspecified atom stereocenters. The summed E-state index contributed by atoms with van der Waals surface area (Å²) in [7, 11) is 0. The molecule has 0 saturated heterocycles. The van der Waals surface area contributed by atoms with Crippen molar-refractivity contribution >= 4 is 33.4 Å². The molecule has 6 aromatic rings. The molecule has 158 valence electrons. The molecule has 0 aliphatic carbocycles. The number of H-pyrrole nitrogens is 2. The first kappa shape index (κ1) is 18.9. The van der Waals surface area contributed by atoms with E-state index in [1.54, 1.807) is 43.1 Å². The van der Waals surface area contributed by atoms with Crippen LogP contribution in [0.4, 0.5) is 5.69 Å². The van der Waals surface area contributed by atoms with Gasteiger partial charge < -0.3 is 10.3 Å². The quantitative estimate of drug-likeness (QED) is 0.371. The number of amides is 1. The first-order valence-corrected chi connectivity index (χ1v) is 10.3. The second-order valence-corrected chi connectivity index (χ2v) is 7.62. The van der Waals surface area contributed by atoms with Crippen LogP contribution in [0.15, 0.2) is 85.6 Å². The minimum absolute atomic E-state index is 0.191. The monoisotopic (exact) mass is 431 g/mol. The fourth-order valence-corrected chi connectivity index (χ4v) is 3.82. The van der Waals surface area contributed by atoms with Crippen molar-refractivity contribution in [1.82, 2.24) is 30.1 Å². The molecule has 5 heterocycles. The Hall–Kier alpha value is -4.85. The maximum absolute atomic E-state index is 12.5. The van der Waals surface area contributed by atoms with Crippen LogP contribution in [0.1, 0.15) is 10.4 Å². The van der Waals surface area contributed by atoms with Crippen LogP contribution in [-0.4, -0.2) is 36.0 Å². The number of nitrogens with one attached hydrogen (secondary N) is 3. The number of hydrogen-bond acceptors (Lipinski definition) is 5. The van der Waals surface area contributed by atoms with Crippen LogP contribution in [-0.2, 0) is 0 Å². The number of hydrogen-bond donors (Lipinski definition) is 3. The SMILES string of the molecule is O=C(Nc1cncc(-c2cc3c(-c4cc5ccncc5[nH]4)n[nH]c3cn2)c1)c1ccccc1. The summed E-state index contributed by atoms with van der Waals surface area (Å²) in [6, 6.07) is 16.9. The van der Waals surface area contributed by atoms with E-state index in [0.717, 1.165) is 44.5 Å². The van der Waals surface area contributed by atoms with Crippen molar-refractivity contribution in [2.75, 3.05) is 5.32 Å². The molecule has 0 aliphatic heterocycles. The van der Waals surface area contributed by atoms with Crippen LogP contribution in [0.25, 0.3) is 44.5 Å². The van der Waals surface area contributed by atoms with Gasteiger partial charge in [-0.3, -0.25) is 24.8 Å². The maximum Gasteiger partial charge on any atom is 0.255 e. The number of benzene rings is 1. The smallest absolute Gasteiger partial charge is 0.255 e. The molecule has 0 atom stereocenters. The normalized spacial score (nSPS) is 11.2. The zero-order valence-corrected chi connectivity index (χ0v) is 17.3. The second kappa shape index (κ2) is 7.69. The number of rotatable bonds is 4. The van der Waals surface area contributed by atoms with Gasteiger partial charge in [-0.05, 0) is 36.4 Å². The summed E-state index contributed by atoms with van der Waals surface area (Å²) in [5, 5.41) is 12.4. The summed E-state index contributed by atoms with van der Waals surface area (Å²) in [6.45, 7) is 0. The number of aromatic nitrogens is 6. The molecule has 3 N–H and O–H groups in total. The Bertz CT molecular complexity index is 1590. The molecule has 0 radical (unpaired) electrons. The highest BCUT2D eigenvalue weighted by atomic mass is 16.1. The van der Waals surface area contributed by atoms with Gasteiger partial charge in [0.25, 0.3) is 5.91 Å². The number of carbonyl (C=O) groups is 1. The van der Waals surface area contributed by atoms with Gasteiger partial charge >= 0.3 is 0 Å². The van der Waals surface area contributed by atoms with Crippen LogP contribution >= 0.6 is 0 Å². The van der Waals surface area contributed by atoms with Crippen molar-refractivity contribution in [2.24, 2.45) is 0 Å². The zero-order valence-electron chi connectivity index (χ0n) is 17.3. The van der Waals surface area contributed by atoms with Crippen molar-refractivity contribution < 1.29 is 4.79 Å². The van der Waals surface area contributed by atoms with Gasteiger partial charge in [0.15, 0.2) is 0 Å². The van der Waals surface area contributed by atoms with Gasteiger partial charge in [-0.1, -0.05) is 18.2 Å². The summed E-state index contributed by atoms with van der Waals surface area (Å²) in [5.41, 5.74) is 6.16. The number of carbonyl (C=O) groups excluding carboxylic acids is 1. The summed E-state index contributed by atoms with van der Waals surface area (Å²) in [4.78, 5) is 28.9. The standard InChI is InChI=1S/C25H17N7O/c33-25(15-4-2-1-3-5-15)29-18-8-17(11-27-12-18)20-10-19-23(14-28-20)31-32-24(19)21-9-16-6-7-26-13-22(16)30-21/h1-14,30H,(H,29,33)(H,31,32). The minimum atomic E-state index is -0.191. The van der Waals surface area contributed by atoms with E-state index in [0.29, 0.717) is 11.3 Å². The Balaban J connectivity index is 1.36. The molecule has 1 amide bonds. The van der Waals surface area contributed by atoms with Gasteiger partial charge in [0.05, 0.1) is 46.7 Å². The fraction of sp³-hybridized carbons (Fsp3) is 0. The summed E-state index contributed by atoms with van der Waals surface area (Å²) >= 11 is 0. The molecule has 6 rings (SSSR count). The largest absolute Gasteiger partial charge is 0.352 e. The van der Waals surface area contributed by atoms with Gasteiger partial charge in [0, 0.05) is 34.3 Å². The summed E-state index contributed by atoms with van der Waals surface area (Å²) in [6.07, 6.45) is 8.65. The molecule has 5 aromatic heterocycles. The lowest BCUT2D eigenvalue weighted by Gasteiger charge is -2.07. The van der Waals surface area contributed by atoms with Gasteiger partial charge in [-0.2, -0.15) is 5.10 Å². The second-order valence-electron chi connectivity index (χ2n) is 7.62. The van der Waals surface area contributed by atoms with Crippen molar-refractivity contribution in [1.29, 1.82) is 0 Å². The molecule has 0 bridgehead atoms. The highest BCUT2D eigenvalue weighted by Crippen LogP contribution is 2.30. The third-order valence-corrected chi connectivity index (χ3v) is 5.45. The topological polar surface area (TPSA) is 112 Å². The lowest BCUT2D eigenvalue weighted by Crippen LogP contribution is -2.11. The molecular formula is C25H17N7O. The number of aromatic amines is 2. The molecule has 33 heavy (non-hydrogen) atoms. The van der Waals surface area contributed by atoms with E-state index >= 15 is 0 Å². The van der Waals surface area contributed by atoms with E-state index in [-0.39, 0.29) is 5.91 Å². The van der Waals surface area contributed by atoms with E-state index in [1.165, 1.54) is 0 Å². The molecule has 8 heteroatoms. The van der Waals surface area contributed by atoms with Gasteiger partial charge in [0.1, 0.15) is 5.69 Å². The number of pyridine rings is 3. The highest BCUT2D eigenvalue weighted by molar-refractivity contribution is 6.04. The van der Waals surface area contributed by atoms with Crippen molar-refractivity contribution in [3.63, 3.8) is 0 Å². The molecule has 0 fully saturated rings. The summed E-state index contributed by atoms with van der Waals surface area (Å²) in [5.74, 6) is -0.191. The average Bonchev–Trinajstić information content (AvgIpc) is 3.48. The molecular weight excluding hydrogens is 414 g/mol. The predicted octanol–water partition coefficient (Wildman–Crippen LogP) is 4.82. The van der Waals surface area contributed by atoms with E-state index in [2.05, 4.69) is 35.5 Å². The van der Waals surface area contributed by atoms with Gasteiger partial charge in [-0.15, -0.1) is 0 Å². The predicted molar refractivity (Wildman–Crippen MR) is 127 cm³/mol. The third-order valence-electron chi connectivity index (χ3n) is 5.45. The third kappa shape index (κ3) is 3.49. The fourth-order valence-electron chi connectivity index (χ4n) is 3.82. The molecule has 0 spiro atoms. The van der Waals surface area contributed by atoms with E-state index < -0.39 is 0 Å². The molecule has 1 aromatic carbocycles. The Morgan fingerprint density at radius 1 is 0.879 bits per heavy atom.